The highest BCUT2D eigenvalue weighted by atomic mass is 16.6. The van der Waals surface area contributed by atoms with Gasteiger partial charge in [-0.1, -0.05) is 36.4 Å². The van der Waals surface area contributed by atoms with Crippen LogP contribution in [0.4, 0.5) is 5.69 Å². The largest absolute Gasteiger partial charge is 0.482 e. The molecule has 3 aromatic carbocycles. The lowest BCUT2D eigenvalue weighted by Crippen LogP contribution is -2.32. The van der Waals surface area contributed by atoms with Crippen LogP contribution in [0.5, 0.6) is 5.75 Å². The molecular formula is C26H18N2O6. The number of carbonyl (C=O) groups excluding carboxylic acids is 4. The minimum Gasteiger partial charge on any atom is -0.482 e. The molecular weight excluding hydrogens is 436 g/mol. The summed E-state index contributed by atoms with van der Waals surface area (Å²) in [6, 6.07) is 19.2. The minimum atomic E-state index is -1.19. The number of nitriles is 1. The summed E-state index contributed by atoms with van der Waals surface area (Å²) in [6.45, 7) is 0.945. The SMILES string of the molecule is C[C@H](OC(=O)COc1ccc(C#N)cc1)C(=O)Nc1cccc2c1C(=O)c1ccccc1C2=O. The molecule has 1 amide bonds. The van der Waals surface area contributed by atoms with Crippen LogP contribution in [0, 0.1) is 11.3 Å². The quantitative estimate of drug-likeness (QED) is 0.444. The highest BCUT2D eigenvalue weighted by molar-refractivity contribution is 6.30. The Kier molecular flexibility index (Phi) is 6.19. The van der Waals surface area contributed by atoms with Gasteiger partial charge in [-0.3, -0.25) is 14.4 Å². The molecule has 4 rings (SSSR count). The summed E-state index contributed by atoms with van der Waals surface area (Å²) in [5.41, 5.74) is 1.48. The van der Waals surface area contributed by atoms with Crippen molar-refractivity contribution in [1.29, 1.82) is 5.26 Å². The van der Waals surface area contributed by atoms with Crippen LogP contribution < -0.4 is 10.1 Å². The van der Waals surface area contributed by atoms with Crippen LogP contribution in [0.15, 0.2) is 66.7 Å². The number of amides is 1. The normalized spacial score (nSPS) is 12.6. The fourth-order valence-electron chi connectivity index (χ4n) is 3.54. The van der Waals surface area contributed by atoms with Crippen molar-refractivity contribution in [3.63, 3.8) is 0 Å². The Morgan fingerprint density at radius 2 is 1.56 bits per heavy atom. The molecule has 0 fully saturated rings. The van der Waals surface area contributed by atoms with Crippen LogP contribution in [-0.4, -0.2) is 36.2 Å². The number of nitrogens with one attached hydrogen (secondary N) is 1. The van der Waals surface area contributed by atoms with E-state index >= 15 is 0 Å². The predicted octanol–water partition coefficient (Wildman–Crippen LogP) is 3.28. The van der Waals surface area contributed by atoms with E-state index in [0.29, 0.717) is 16.9 Å². The Labute approximate surface area is 194 Å². The van der Waals surface area contributed by atoms with Gasteiger partial charge in [0.1, 0.15) is 5.75 Å². The van der Waals surface area contributed by atoms with Crippen molar-refractivity contribution in [2.45, 2.75) is 13.0 Å². The molecule has 0 aliphatic heterocycles. The van der Waals surface area contributed by atoms with Gasteiger partial charge in [0.2, 0.25) is 0 Å². The lowest BCUT2D eigenvalue weighted by atomic mass is 9.83. The van der Waals surface area contributed by atoms with E-state index in [1.165, 1.54) is 31.2 Å². The van der Waals surface area contributed by atoms with E-state index in [1.54, 1.807) is 42.5 Å². The third-order valence-corrected chi connectivity index (χ3v) is 5.23. The number of rotatable bonds is 6. The summed E-state index contributed by atoms with van der Waals surface area (Å²) in [4.78, 5) is 50.6. The standard InChI is InChI=1S/C26H18N2O6/c1-15(34-22(29)14-33-17-11-9-16(13-27)10-12-17)26(32)28-21-8-4-7-20-23(21)25(31)19-6-3-2-5-18(19)24(20)30/h2-12,15H,14H2,1H3,(H,28,32)/t15-/m0/s1. The summed E-state index contributed by atoms with van der Waals surface area (Å²) < 4.78 is 10.4. The van der Waals surface area contributed by atoms with E-state index in [-0.39, 0.29) is 33.9 Å². The number of ether oxygens (including phenoxy) is 2. The molecule has 1 aliphatic carbocycles. The average molecular weight is 454 g/mol. The summed E-state index contributed by atoms with van der Waals surface area (Å²) in [6.07, 6.45) is -1.19. The Bertz CT molecular complexity index is 1350. The Morgan fingerprint density at radius 3 is 2.24 bits per heavy atom. The molecule has 0 aromatic heterocycles. The van der Waals surface area contributed by atoms with Crippen molar-refractivity contribution < 1.29 is 28.7 Å². The van der Waals surface area contributed by atoms with E-state index in [1.807, 2.05) is 6.07 Å². The molecule has 0 heterocycles. The molecule has 8 heteroatoms. The molecule has 1 aliphatic rings. The smallest absolute Gasteiger partial charge is 0.344 e. The molecule has 0 unspecified atom stereocenters. The molecule has 168 valence electrons. The lowest BCUT2D eigenvalue weighted by Gasteiger charge is -2.21. The summed E-state index contributed by atoms with van der Waals surface area (Å²) in [5.74, 6) is -1.75. The fraction of sp³-hybridized carbons (Fsp3) is 0.115. The van der Waals surface area contributed by atoms with Gasteiger partial charge in [0.15, 0.2) is 24.3 Å². The van der Waals surface area contributed by atoms with Gasteiger partial charge in [0.05, 0.1) is 22.9 Å². The average Bonchev–Trinajstić information content (AvgIpc) is 2.86. The van der Waals surface area contributed by atoms with Crippen molar-refractivity contribution in [1.82, 2.24) is 0 Å². The highest BCUT2D eigenvalue weighted by Crippen LogP contribution is 2.32. The third-order valence-electron chi connectivity index (χ3n) is 5.23. The number of ketones is 2. The topological polar surface area (TPSA) is 123 Å². The van der Waals surface area contributed by atoms with Gasteiger partial charge in [-0.15, -0.1) is 0 Å². The molecule has 0 saturated carbocycles. The van der Waals surface area contributed by atoms with Crippen LogP contribution in [0.2, 0.25) is 0 Å². The van der Waals surface area contributed by atoms with E-state index in [2.05, 4.69) is 5.32 Å². The lowest BCUT2D eigenvalue weighted by molar-refractivity contribution is -0.155. The van der Waals surface area contributed by atoms with Crippen molar-refractivity contribution in [2.75, 3.05) is 11.9 Å². The van der Waals surface area contributed by atoms with Gasteiger partial charge in [0.25, 0.3) is 5.91 Å². The Morgan fingerprint density at radius 1 is 0.912 bits per heavy atom. The first-order chi connectivity index (χ1) is 16.4. The minimum absolute atomic E-state index is 0.0993. The number of nitrogens with zero attached hydrogens (tertiary/aromatic N) is 1. The number of hydrogen-bond acceptors (Lipinski definition) is 7. The van der Waals surface area contributed by atoms with Crippen LogP contribution >= 0.6 is 0 Å². The van der Waals surface area contributed by atoms with E-state index < -0.39 is 24.6 Å². The van der Waals surface area contributed by atoms with Crippen LogP contribution in [0.25, 0.3) is 0 Å². The van der Waals surface area contributed by atoms with Gasteiger partial charge in [-0.25, -0.2) is 4.79 Å². The monoisotopic (exact) mass is 454 g/mol. The summed E-state index contributed by atoms with van der Waals surface area (Å²) in [7, 11) is 0. The fourth-order valence-corrected chi connectivity index (χ4v) is 3.54. The van der Waals surface area contributed by atoms with E-state index in [4.69, 9.17) is 14.7 Å². The van der Waals surface area contributed by atoms with E-state index in [0.717, 1.165) is 0 Å². The van der Waals surface area contributed by atoms with E-state index in [9.17, 15) is 19.2 Å². The molecule has 0 spiro atoms. The van der Waals surface area contributed by atoms with Gasteiger partial charge >= 0.3 is 5.97 Å². The zero-order valence-corrected chi connectivity index (χ0v) is 18.0. The van der Waals surface area contributed by atoms with Crippen LogP contribution in [-0.2, 0) is 14.3 Å². The van der Waals surface area contributed by atoms with Gasteiger partial charge in [0, 0.05) is 16.7 Å². The molecule has 8 nitrogen and oxygen atoms in total. The Hall–Kier alpha value is -4.77. The molecule has 1 N–H and O–H groups in total. The maximum absolute atomic E-state index is 13.0. The van der Waals surface area contributed by atoms with Crippen molar-refractivity contribution >= 4 is 29.1 Å². The molecule has 34 heavy (non-hydrogen) atoms. The second kappa shape index (κ2) is 9.38. The maximum Gasteiger partial charge on any atom is 0.344 e. The molecule has 0 radical (unpaired) electrons. The summed E-state index contributed by atoms with van der Waals surface area (Å²) >= 11 is 0. The number of anilines is 1. The third kappa shape index (κ3) is 4.40. The van der Waals surface area contributed by atoms with Crippen LogP contribution in [0.3, 0.4) is 0 Å². The van der Waals surface area contributed by atoms with Crippen molar-refractivity contribution in [3.05, 3.63) is 94.5 Å². The number of esters is 1. The first-order valence-corrected chi connectivity index (χ1v) is 10.3. The molecule has 1 atom stereocenters. The number of fused-ring (bicyclic) bond motifs is 2. The highest BCUT2D eigenvalue weighted by Gasteiger charge is 2.32. The number of benzene rings is 3. The second-order valence-electron chi connectivity index (χ2n) is 7.48. The van der Waals surface area contributed by atoms with Gasteiger partial charge in [-0.05, 0) is 37.3 Å². The predicted molar refractivity (Wildman–Crippen MR) is 121 cm³/mol. The summed E-state index contributed by atoms with van der Waals surface area (Å²) in [5, 5.41) is 11.4. The zero-order chi connectivity index (χ0) is 24.2. The Balaban J connectivity index is 1.42. The second-order valence-corrected chi connectivity index (χ2v) is 7.48. The molecule has 0 saturated heterocycles. The van der Waals surface area contributed by atoms with Gasteiger partial charge in [-0.2, -0.15) is 5.26 Å². The van der Waals surface area contributed by atoms with Gasteiger partial charge < -0.3 is 14.8 Å². The zero-order valence-electron chi connectivity index (χ0n) is 18.0. The van der Waals surface area contributed by atoms with Crippen LogP contribution in [0.1, 0.15) is 44.3 Å². The van der Waals surface area contributed by atoms with Crippen molar-refractivity contribution in [3.8, 4) is 11.8 Å². The first kappa shape index (κ1) is 22.4. The molecule has 0 bridgehead atoms. The molecule has 3 aromatic rings. The number of hydrogen-bond donors (Lipinski definition) is 1. The first-order valence-electron chi connectivity index (χ1n) is 10.3. The number of carbonyl (C=O) groups is 4. The van der Waals surface area contributed by atoms with Crippen molar-refractivity contribution in [2.24, 2.45) is 0 Å². The maximum atomic E-state index is 13.0.